The Kier molecular flexibility index (Phi) is 5.78. The summed E-state index contributed by atoms with van der Waals surface area (Å²) in [5.74, 6) is 0.363. The molecule has 152 valence electrons. The maximum atomic E-state index is 12.1. The summed E-state index contributed by atoms with van der Waals surface area (Å²) >= 11 is 0. The molecule has 0 spiro atoms. The number of aliphatic hydroxyl groups is 1. The van der Waals surface area contributed by atoms with Gasteiger partial charge in [-0.05, 0) is 29.7 Å². The van der Waals surface area contributed by atoms with E-state index in [4.69, 9.17) is 4.74 Å². The maximum absolute atomic E-state index is 12.1. The number of nitrogens with one attached hydrogen (secondary N) is 1. The monoisotopic (exact) mass is 394 g/mol. The Morgan fingerprint density at radius 3 is 2.97 bits per heavy atom. The fourth-order valence-corrected chi connectivity index (χ4v) is 3.70. The highest BCUT2D eigenvalue weighted by atomic mass is 16.5. The number of amides is 1. The van der Waals surface area contributed by atoms with E-state index in [0.29, 0.717) is 12.3 Å². The summed E-state index contributed by atoms with van der Waals surface area (Å²) in [6, 6.07) is 13.9. The minimum atomic E-state index is -0.616. The molecule has 0 aliphatic carbocycles. The fourth-order valence-electron chi connectivity index (χ4n) is 3.70. The first-order valence-electron chi connectivity index (χ1n) is 9.86. The van der Waals surface area contributed by atoms with Gasteiger partial charge in [0.25, 0.3) is 5.91 Å². The number of carbonyl (C=O) groups excluding carboxylic acids is 1. The predicted molar refractivity (Wildman–Crippen MR) is 111 cm³/mol. The zero-order chi connectivity index (χ0) is 20.2. The number of ether oxygens (including phenoxy) is 1. The van der Waals surface area contributed by atoms with Crippen LogP contribution in [0.5, 0.6) is 5.75 Å². The van der Waals surface area contributed by atoms with E-state index in [1.807, 2.05) is 29.8 Å². The highest BCUT2D eigenvalue weighted by molar-refractivity contribution is 5.79. The Hall–Kier alpha value is -2.90. The molecule has 7 nitrogen and oxygen atoms in total. The van der Waals surface area contributed by atoms with Crippen molar-refractivity contribution in [1.29, 1.82) is 0 Å². The Balaban J connectivity index is 1.20. The number of aromatic nitrogens is 2. The minimum absolute atomic E-state index is 0.0901. The van der Waals surface area contributed by atoms with E-state index in [9.17, 15) is 9.90 Å². The molecule has 0 saturated heterocycles. The van der Waals surface area contributed by atoms with Crippen LogP contribution < -0.4 is 10.1 Å². The number of aryl methyl sites for hydroxylation is 1. The van der Waals surface area contributed by atoms with Gasteiger partial charge in [-0.25, -0.2) is 4.98 Å². The van der Waals surface area contributed by atoms with Gasteiger partial charge in [-0.2, -0.15) is 0 Å². The highest BCUT2D eigenvalue weighted by Crippen LogP contribution is 2.20. The van der Waals surface area contributed by atoms with Crippen LogP contribution in [0.1, 0.15) is 11.1 Å². The highest BCUT2D eigenvalue weighted by Gasteiger charge is 2.18. The number of nitrogens with zero attached hydrogens (tertiary/aromatic N) is 3. The molecule has 2 heterocycles. The quantitative estimate of drug-likeness (QED) is 0.635. The van der Waals surface area contributed by atoms with Gasteiger partial charge in [-0.1, -0.05) is 24.3 Å². The van der Waals surface area contributed by atoms with E-state index < -0.39 is 6.10 Å². The van der Waals surface area contributed by atoms with Gasteiger partial charge in [-0.3, -0.25) is 9.69 Å². The first-order valence-corrected chi connectivity index (χ1v) is 9.86. The van der Waals surface area contributed by atoms with Crippen molar-refractivity contribution >= 4 is 16.9 Å². The molecule has 1 aliphatic heterocycles. The zero-order valence-corrected chi connectivity index (χ0v) is 16.5. The standard InChI is InChI=1S/C22H26N4O3/c1-25-15-24-20-7-6-19(10-21(20)25)29-14-22(28)23-11-18(27)13-26-9-8-16-4-2-3-5-17(16)12-26/h2-7,10,15,18,27H,8-9,11-14H2,1H3,(H,23,28). The van der Waals surface area contributed by atoms with E-state index >= 15 is 0 Å². The fraction of sp³-hybridized carbons (Fsp3) is 0.364. The Morgan fingerprint density at radius 1 is 1.28 bits per heavy atom. The Bertz CT molecular complexity index is 1000. The molecule has 4 rings (SSSR count). The van der Waals surface area contributed by atoms with Gasteiger partial charge in [0.05, 0.1) is 23.5 Å². The molecule has 1 aliphatic rings. The van der Waals surface area contributed by atoms with Crippen molar-refractivity contribution in [3.63, 3.8) is 0 Å². The van der Waals surface area contributed by atoms with Gasteiger partial charge in [-0.15, -0.1) is 0 Å². The molecule has 1 unspecified atom stereocenters. The lowest BCUT2D eigenvalue weighted by molar-refractivity contribution is -0.123. The summed E-state index contributed by atoms with van der Waals surface area (Å²) in [6.07, 6.45) is 2.11. The summed E-state index contributed by atoms with van der Waals surface area (Å²) in [6.45, 7) is 2.41. The number of β-amino-alcohol motifs (C(OH)–C–C–N with tert-alkyl or cyclic N) is 1. The second kappa shape index (κ2) is 8.63. The molecule has 0 radical (unpaired) electrons. The largest absolute Gasteiger partial charge is 0.484 e. The van der Waals surface area contributed by atoms with Crippen molar-refractivity contribution in [2.45, 2.75) is 19.1 Å². The summed E-state index contributed by atoms with van der Waals surface area (Å²) in [5.41, 5.74) is 4.52. The number of hydrogen-bond acceptors (Lipinski definition) is 5. The third kappa shape index (κ3) is 4.75. The smallest absolute Gasteiger partial charge is 0.258 e. The molecular weight excluding hydrogens is 368 g/mol. The summed E-state index contributed by atoms with van der Waals surface area (Å²) in [4.78, 5) is 18.6. The molecule has 29 heavy (non-hydrogen) atoms. The SMILES string of the molecule is Cn1cnc2ccc(OCC(=O)NCC(O)CN3CCc4ccccc4C3)cc21. The number of carbonyl (C=O) groups is 1. The number of hydrogen-bond donors (Lipinski definition) is 2. The molecule has 1 atom stereocenters. The van der Waals surface area contributed by atoms with Crippen LogP contribution >= 0.6 is 0 Å². The number of imidazole rings is 1. The summed E-state index contributed by atoms with van der Waals surface area (Å²) in [5, 5.41) is 13.0. The lowest BCUT2D eigenvalue weighted by Crippen LogP contribution is -2.42. The molecule has 0 saturated carbocycles. The van der Waals surface area contributed by atoms with Crippen LogP contribution in [-0.4, -0.2) is 57.8 Å². The van der Waals surface area contributed by atoms with E-state index in [1.54, 1.807) is 12.4 Å². The van der Waals surface area contributed by atoms with Gasteiger partial charge in [0.2, 0.25) is 0 Å². The van der Waals surface area contributed by atoms with E-state index in [1.165, 1.54) is 11.1 Å². The maximum Gasteiger partial charge on any atom is 0.258 e. The Labute approximate surface area is 169 Å². The molecule has 7 heteroatoms. The second-order valence-corrected chi connectivity index (χ2v) is 7.51. The van der Waals surface area contributed by atoms with Crippen molar-refractivity contribution in [1.82, 2.24) is 19.8 Å². The predicted octanol–water partition coefficient (Wildman–Crippen LogP) is 1.49. The number of fused-ring (bicyclic) bond motifs is 2. The average Bonchev–Trinajstić information content (AvgIpc) is 3.11. The van der Waals surface area contributed by atoms with Crippen LogP contribution in [0.15, 0.2) is 48.8 Å². The second-order valence-electron chi connectivity index (χ2n) is 7.51. The first kappa shape index (κ1) is 19.4. The molecule has 1 amide bonds. The molecule has 2 aromatic carbocycles. The van der Waals surface area contributed by atoms with E-state index in [-0.39, 0.29) is 19.1 Å². The van der Waals surface area contributed by atoms with E-state index in [2.05, 4.69) is 33.4 Å². The molecule has 0 fully saturated rings. The zero-order valence-electron chi connectivity index (χ0n) is 16.5. The lowest BCUT2D eigenvalue weighted by Gasteiger charge is -2.30. The molecule has 1 aromatic heterocycles. The third-order valence-electron chi connectivity index (χ3n) is 5.28. The first-order chi connectivity index (χ1) is 14.1. The molecule has 0 bridgehead atoms. The Morgan fingerprint density at radius 2 is 2.10 bits per heavy atom. The normalized spacial score (nSPS) is 15.1. The van der Waals surface area contributed by atoms with Crippen molar-refractivity contribution < 1.29 is 14.6 Å². The van der Waals surface area contributed by atoms with Crippen LogP contribution in [-0.2, 0) is 24.8 Å². The van der Waals surface area contributed by atoms with Gasteiger partial charge in [0, 0.05) is 39.3 Å². The van der Waals surface area contributed by atoms with Gasteiger partial charge in [0.15, 0.2) is 6.61 Å². The molecule has 3 aromatic rings. The van der Waals surface area contributed by atoms with Crippen molar-refractivity contribution in [3.8, 4) is 5.75 Å². The van der Waals surface area contributed by atoms with Crippen LogP contribution in [0.2, 0.25) is 0 Å². The third-order valence-corrected chi connectivity index (χ3v) is 5.28. The van der Waals surface area contributed by atoms with E-state index in [0.717, 1.165) is 30.5 Å². The van der Waals surface area contributed by atoms with Crippen LogP contribution in [0.3, 0.4) is 0 Å². The molecular formula is C22H26N4O3. The number of aliphatic hydroxyl groups excluding tert-OH is 1. The van der Waals surface area contributed by atoms with Crippen molar-refractivity contribution in [2.75, 3.05) is 26.2 Å². The van der Waals surface area contributed by atoms with Crippen LogP contribution in [0.25, 0.3) is 11.0 Å². The minimum Gasteiger partial charge on any atom is -0.484 e. The van der Waals surface area contributed by atoms with Crippen molar-refractivity contribution in [3.05, 3.63) is 59.9 Å². The van der Waals surface area contributed by atoms with Gasteiger partial charge >= 0.3 is 0 Å². The van der Waals surface area contributed by atoms with Gasteiger partial charge in [0.1, 0.15) is 5.75 Å². The van der Waals surface area contributed by atoms with Gasteiger partial charge < -0.3 is 19.7 Å². The number of rotatable bonds is 7. The number of benzene rings is 2. The average molecular weight is 394 g/mol. The topological polar surface area (TPSA) is 79.6 Å². The van der Waals surface area contributed by atoms with Crippen LogP contribution in [0, 0.1) is 0 Å². The van der Waals surface area contributed by atoms with Crippen LogP contribution in [0.4, 0.5) is 0 Å². The summed E-state index contributed by atoms with van der Waals surface area (Å²) in [7, 11) is 1.91. The lowest BCUT2D eigenvalue weighted by atomic mass is 10.00. The summed E-state index contributed by atoms with van der Waals surface area (Å²) < 4.78 is 7.48. The van der Waals surface area contributed by atoms with Crippen molar-refractivity contribution in [2.24, 2.45) is 7.05 Å². The molecule has 2 N–H and O–H groups in total.